The molecule has 1 aromatic rings. The van der Waals surface area contributed by atoms with Gasteiger partial charge in [-0.3, -0.25) is 4.79 Å². The van der Waals surface area contributed by atoms with Crippen LogP contribution in [0.4, 0.5) is 4.39 Å². The van der Waals surface area contributed by atoms with E-state index in [2.05, 4.69) is 29.8 Å². The molecule has 0 bridgehead atoms. The second kappa shape index (κ2) is 5.83. The van der Waals surface area contributed by atoms with Gasteiger partial charge in [-0.05, 0) is 40.5 Å². The first-order valence-electron chi connectivity index (χ1n) is 6.27. The average Bonchev–Trinajstić information content (AvgIpc) is 2.53. The van der Waals surface area contributed by atoms with Crippen LogP contribution in [0.3, 0.4) is 0 Å². The Morgan fingerprint density at radius 2 is 2.16 bits per heavy atom. The van der Waals surface area contributed by atoms with Gasteiger partial charge in [0.1, 0.15) is 5.82 Å². The van der Waals surface area contributed by atoms with Crippen LogP contribution >= 0.6 is 27.7 Å². The lowest BCUT2D eigenvalue weighted by Gasteiger charge is -2.22. The van der Waals surface area contributed by atoms with Gasteiger partial charge < -0.3 is 4.90 Å². The highest BCUT2D eigenvalue weighted by atomic mass is 79.9. The third kappa shape index (κ3) is 3.72. The average molecular weight is 346 g/mol. The number of rotatable bonds is 1. The molecule has 0 atom stereocenters. The molecule has 1 fully saturated rings. The molecule has 1 aliphatic heterocycles. The van der Waals surface area contributed by atoms with Crippen LogP contribution in [-0.2, 0) is 0 Å². The third-order valence-corrected chi connectivity index (χ3v) is 5.27. The fraction of sp³-hybridized carbons (Fsp3) is 0.500. The molecule has 2 rings (SSSR count). The summed E-state index contributed by atoms with van der Waals surface area (Å²) in [4.78, 5) is 14.3. The van der Waals surface area contributed by atoms with Gasteiger partial charge in [0.25, 0.3) is 5.91 Å². The maximum atomic E-state index is 13.2. The number of carbonyl (C=O) groups excluding carboxylic acids is 1. The van der Waals surface area contributed by atoms with Crippen molar-refractivity contribution >= 4 is 33.6 Å². The van der Waals surface area contributed by atoms with Crippen LogP contribution in [0.5, 0.6) is 0 Å². The maximum absolute atomic E-state index is 13.2. The summed E-state index contributed by atoms with van der Waals surface area (Å²) in [7, 11) is 0. The van der Waals surface area contributed by atoms with Crippen molar-refractivity contribution in [2.45, 2.75) is 25.0 Å². The van der Waals surface area contributed by atoms with Gasteiger partial charge in [-0.25, -0.2) is 4.39 Å². The molecule has 1 heterocycles. The molecule has 0 radical (unpaired) electrons. The molecular formula is C14H17BrFNOS. The maximum Gasteiger partial charge on any atom is 0.253 e. The van der Waals surface area contributed by atoms with Crippen LogP contribution in [0.15, 0.2) is 22.7 Å². The summed E-state index contributed by atoms with van der Waals surface area (Å²) in [6.45, 7) is 5.93. The van der Waals surface area contributed by atoms with Gasteiger partial charge in [-0.15, -0.1) is 0 Å². The molecular weight excluding hydrogens is 329 g/mol. The summed E-state index contributed by atoms with van der Waals surface area (Å²) in [6.07, 6.45) is 0.978. The molecule has 0 aromatic heterocycles. The summed E-state index contributed by atoms with van der Waals surface area (Å²) in [5.41, 5.74) is 0.540. The summed E-state index contributed by atoms with van der Waals surface area (Å²) in [5.74, 6) is 0.587. The zero-order valence-corrected chi connectivity index (χ0v) is 13.5. The predicted octanol–water partition coefficient (Wildman–Crippen LogP) is 3.95. The zero-order valence-electron chi connectivity index (χ0n) is 11.1. The number of amides is 1. The van der Waals surface area contributed by atoms with Gasteiger partial charge in [-0.2, -0.15) is 11.8 Å². The van der Waals surface area contributed by atoms with Gasteiger partial charge in [0.2, 0.25) is 0 Å². The Hall–Kier alpha value is -0.550. The second-order valence-corrected chi connectivity index (χ2v) is 7.94. The van der Waals surface area contributed by atoms with E-state index in [-0.39, 0.29) is 16.5 Å². The number of hydrogen-bond donors (Lipinski definition) is 0. The van der Waals surface area contributed by atoms with Crippen LogP contribution in [0.1, 0.15) is 30.6 Å². The van der Waals surface area contributed by atoms with Crippen molar-refractivity contribution in [2.24, 2.45) is 0 Å². The molecule has 0 unspecified atom stereocenters. The van der Waals surface area contributed by atoms with E-state index in [1.165, 1.54) is 6.07 Å². The van der Waals surface area contributed by atoms with E-state index in [1.807, 2.05) is 16.7 Å². The number of nitrogens with zero attached hydrogens (tertiary/aromatic N) is 1. The van der Waals surface area contributed by atoms with E-state index in [4.69, 9.17) is 0 Å². The summed E-state index contributed by atoms with van der Waals surface area (Å²) in [6, 6.07) is 4.43. The Bertz CT molecular complexity index is 492. The number of halogens is 2. The molecule has 1 amide bonds. The van der Waals surface area contributed by atoms with Gasteiger partial charge in [0.05, 0.1) is 4.47 Å². The van der Waals surface area contributed by atoms with Crippen molar-refractivity contribution < 1.29 is 9.18 Å². The minimum absolute atomic E-state index is 0.0148. The number of carbonyl (C=O) groups is 1. The van der Waals surface area contributed by atoms with Gasteiger partial charge in [0.15, 0.2) is 0 Å². The smallest absolute Gasteiger partial charge is 0.253 e. The van der Waals surface area contributed by atoms with Crippen molar-refractivity contribution in [3.05, 3.63) is 34.1 Å². The normalized spacial score (nSPS) is 19.1. The standard InChI is InChI=1S/C14H17BrFNOS/c1-14(2)5-6-17(7-8-19-14)13(18)10-3-4-12(16)11(15)9-10/h3-4,9H,5-8H2,1-2H3. The number of benzene rings is 1. The first-order chi connectivity index (χ1) is 8.89. The van der Waals surface area contributed by atoms with E-state index in [0.717, 1.165) is 25.3 Å². The lowest BCUT2D eigenvalue weighted by Crippen LogP contribution is -2.33. The molecule has 0 aliphatic carbocycles. The molecule has 0 saturated carbocycles. The van der Waals surface area contributed by atoms with Gasteiger partial charge >= 0.3 is 0 Å². The molecule has 1 aromatic carbocycles. The van der Waals surface area contributed by atoms with E-state index >= 15 is 0 Å². The van der Waals surface area contributed by atoms with Crippen LogP contribution in [-0.4, -0.2) is 34.4 Å². The minimum atomic E-state index is -0.343. The SMILES string of the molecule is CC1(C)CCN(C(=O)c2ccc(F)c(Br)c2)CCS1. The van der Waals surface area contributed by atoms with Crippen molar-refractivity contribution in [3.63, 3.8) is 0 Å². The van der Waals surface area contributed by atoms with Crippen molar-refractivity contribution in [2.75, 3.05) is 18.8 Å². The lowest BCUT2D eigenvalue weighted by molar-refractivity contribution is 0.0764. The minimum Gasteiger partial charge on any atom is -0.338 e. The Labute approximate surface area is 125 Å². The molecule has 0 N–H and O–H groups in total. The van der Waals surface area contributed by atoms with E-state index in [1.54, 1.807) is 12.1 Å². The van der Waals surface area contributed by atoms with Crippen molar-refractivity contribution in [1.82, 2.24) is 4.90 Å². The van der Waals surface area contributed by atoms with Crippen LogP contribution < -0.4 is 0 Å². The number of hydrogen-bond acceptors (Lipinski definition) is 2. The fourth-order valence-corrected chi connectivity index (χ4v) is 3.51. The Kier molecular flexibility index (Phi) is 4.56. The quantitative estimate of drug-likeness (QED) is 0.768. The van der Waals surface area contributed by atoms with Gasteiger partial charge in [0, 0.05) is 29.2 Å². The second-order valence-electron chi connectivity index (χ2n) is 5.28. The predicted molar refractivity (Wildman–Crippen MR) is 81.2 cm³/mol. The molecule has 19 heavy (non-hydrogen) atoms. The fourth-order valence-electron chi connectivity index (χ4n) is 2.04. The number of thioether (sulfide) groups is 1. The largest absolute Gasteiger partial charge is 0.338 e. The Morgan fingerprint density at radius 3 is 2.84 bits per heavy atom. The first-order valence-corrected chi connectivity index (χ1v) is 8.05. The highest BCUT2D eigenvalue weighted by Gasteiger charge is 2.26. The van der Waals surface area contributed by atoms with Gasteiger partial charge in [-0.1, -0.05) is 13.8 Å². The van der Waals surface area contributed by atoms with Crippen LogP contribution in [0.25, 0.3) is 0 Å². The molecule has 1 saturated heterocycles. The van der Waals surface area contributed by atoms with Crippen molar-refractivity contribution in [3.8, 4) is 0 Å². The van der Waals surface area contributed by atoms with Crippen molar-refractivity contribution in [1.29, 1.82) is 0 Å². The van der Waals surface area contributed by atoms with Crippen LogP contribution in [0, 0.1) is 5.82 Å². The third-order valence-electron chi connectivity index (χ3n) is 3.29. The molecule has 2 nitrogen and oxygen atoms in total. The summed E-state index contributed by atoms with van der Waals surface area (Å²) < 4.78 is 13.8. The molecule has 104 valence electrons. The van der Waals surface area contributed by atoms with E-state index in [0.29, 0.717) is 10.0 Å². The van der Waals surface area contributed by atoms with E-state index in [9.17, 15) is 9.18 Å². The topological polar surface area (TPSA) is 20.3 Å². The highest BCUT2D eigenvalue weighted by Crippen LogP contribution is 2.31. The van der Waals surface area contributed by atoms with Crippen LogP contribution in [0.2, 0.25) is 0 Å². The molecule has 1 aliphatic rings. The monoisotopic (exact) mass is 345 g/mol. The summed E-state index contributed by atoms with van der Waals surface area (Å²) in [5, 5.41) is 0. The lowest BCUT2D eigenvalue weighted by atomic mass is 10.1. The molecule has 0 spiro atoms. The highest BCUT2D eigenvalue weighted by molar-refractivity contribution is 9.10. The van der Waals surface area contributed by atoms with E-state index < -0.39 is 0 Å². The Morgan fingerprint density at radius 1 is 1.42 bits per heavy atom. The molecule has 5 heteroatoms. The zero-order chi connectivity index (χ0) is 14.0. The summed E-state index contributed by atoms with van der Waals surface area (Å²) >= 11 is 5.02. The Balaban J connectivity index is 2.13. The first kappa shape index (κ1) is 14.9.